The zero-order valence-corrected chi connectivity index (χ0v) is 12.4. The summed E-state index contributed by atoms with van der Waals surface area (Å²) in [6.45, 7) is 1.77. The predicted molar refractivity (Wildman–Crippen MR) is 85.8 cm³/mol. The number of fused-ring (bicyclic) bond motifs is 2. The first kappa shape index (κ1) is 13.1. The molecule has 1 heteroatoms. The van der Waals surface area contributed by atoms with E-state index in [0.717, 1.165) is 13.2 Å². The fourth-order valence-corrected chi connectivity index (χ4v) is 3.99. The quantitative estimate of drug-likeness (QED) is 0.802. The molecule has 2 aliphatic rings. The zero-order valence-electron chi connectivity index (χ0n) is 12.4. The molecule has 0 bridgehead atoms. The Bertz CT molecular complexity index is 576. The lowest BCUT2D eigenvalue weighted by Crippen LogP contribution is -2.10. The maximum absolute atomic E-state index is 6.12. The predicted octanol–water partition coefficient (Wildman–Crippen LogP) is 4.46. The SMILES string of the molecule is c1ccc2c(c1)CCC2COCC1CCc2ccccc21. The summed E-state index contributed by atoms with van der Waals surface area (Å²) in [5.41, 5.74) is 6.09. The van der Waals surface area contributed by atoms with Gasteiger partial charge in [-0.3, -0.25) is 0 Å². The van der Waals surface area contributed by atoms with Gasteiger partial charge in [-0.1, -0.05) is 48.5 Å². The molecule has 0 aromatic heterocycles. The van der Waals surface area contributed by atoms with Crippen molar-refractivity contribution in [3.8, 4) is 0 Å². The van der Waals surface area contributed by atoms with Crippen molar-refractivity contribution in [3.05, 3.63) is 70.8 Å². The second-order valence-corrected chi connectivity index (χ2v) is 6.41. The van der Waals surface area contributed by atoms with E-state index in [1.54, 1.807) is 0 Å². The van der Waals surface area contributed by atoms with Crippen molar-refractivity contribution in [3.63, 3.8) is 0 Å². The third-order valence-electron chi connectivity index (χ3n) is 5.15. The van der Waals surface area contributed by atoms with E-state index in [1.165, 1.54) is 47.9 Å². The highest BCUT2D eigenvalue weighted by atomic mass is 16.5. The van der Waals surface area contributed by atoms with Gasteiger partial charge in [0.2, 0.25) is 0 Å². The largest absolute Gasteiger partial charge is 0.380 e. The van der Waals surface area contributed by atoms with Crippen LogP contribution in [0, 0.1) is 0 Å². The van der Waals surface area contributed by atoms with Crippen molar-refractivity contribution < 1.29 is 4.74 Å². The Morgan fingerprint density at radius 2 is 1.19 bits per heavy atom. The van der Waals surface area contributed by atoms with Crippen LogP contribution in [0.4, 0.5) is 0 Å². The normalized spacial score (nSPS) is 23.0. The second kappa shape index (κ2) is 5.65. The van der Waals surface area contributed by atoms with E-state index >= 15 is 0 Å². The molecule has 0 aliphatic heterocycles. The van der Waals surface area contributed by atoms with E-state index in [0.29, 0.717) is 11.8 Å². The fourth-order valence-electron chi connectivity index (χ4n) is 3.99. The standard InChI is InChI=1S/C20H22O/c1-3-7-19-15(5-1)9-11-17(19)13-21-14-18-12-10-16-6-2-4-8-20(16)18/h1-8,17-18H,9-14H2. The molecule has 108 valence electrons. The molecule has 2 aliphatic carbocycles. The highest BCUT2D eigenvalue weighted by Gasteiger charge is 2.24. The average Bonchev–Trinajstić information content (AvgIpc) is 3.13. The summed E-state index contributed by atoms with van der Waals surface area (Å²) in [4.78, 5) is 0. The molecule has 0 saturated carbocycles. The van der Waals surface area contributed by atoms with Crippen molar-refractivity contribution >= 4 is 0 Å². The van der Waals surface area contributed by atoms with Gasteiger partial charge in [0.25, 0.3) is 0 Å². The molecule has 2 atom stereocenters. The summed E-state index contributed by atoms with van der Waals surface area (Å²) in [6, 6.07) is 17.7. The van der Waals surface area contributed by atoms with E-state index in [1.807, 2.05) is 0 Å². The zero-order chi connectivity index (χ0) is 14.1. The van der Waals surface area contributed by atoms with Gasteiger partial charge in [0.15, 0.2) is 0 Å². The highest BCUT2D eigenvalue weighted by Crippen LogP contribution is 2.35. The summed E-state index contributed by atoms with van der Waals surface area (Å²) in [6.07, 6.45) is 4.94. The molecule has 0 N–H and O–H groups in total. The van der Waals surface area contributed by atoms with Crippen LogP contribution in [0.5, 0.6) is 0 Å². The van der Waals surface area contributed by atoms with Crippen molar-refractivity contribution in [1.29, 1.82) is 0 Å². The molecular weight excluding hydrogens is 256 g/mol. The van der Waals surface area contributed by atoms with Crippen molar-refractivity contribution in [2.75, 3.05) is 13.2 Å². The van der Waals surface area contributed by atoms with Gasteiger partial charge in [0.05, 0.1) is 13.2 Å². The van der Waals surface area contributed by atoms with E-state index in [9.17, 15) is 0 Å². The molecule has 0 spiro atoms. The lowest BCUT2D eigenvalue weighted by Gasteiger charge is -2.16. The fraction of sp³-hybridized carbons (Fsp3) is 0.400. The number of aryl methyl sites for hydroxylation is 2. The molecule has 0 saturated heterocycles. The van der Waals surface area contributed by atoms with Crippen LogP contribution in [0.2, 0.25) is 0 Å². The van der Waals surface area contributed by atoms with Gasteiger partial charge >= 0.3 is 0 Å². The average molecular weight is 278 g/mol. The van der Waals surface area contributed by atoms with Crippen LogP contribution < -0.4 is 0 Å². The molecule has 21 heavy (non-hydrogen) atoms. The van der Waals surface area contributed by atoms with Crippen LogP contribution in [0.25, 0.3) is 0 Å². The number of benzene rings is 2. The smallest absolute Gasteiger partial charge is 0.0535 e. The van der Waals surface area contributed by atoms with Crippen molar-refractivity contribution in [1.82, 2.24) is 0 Å². The molecule has 2 aromatic carbocycles. The van der Waals surface area contributed by atoms with Crippen LogP contribution >= 0.6 is 0 Å². The van der Waals surface area contributed by atoms with E-state index < -0.39 is 0 Å². The van der Waals surface area contributed by atoms with Crippen LogP contribution in [0.3, 0.4) is 0 Å². The van der Waals surface area contributed by atoms with Gasteiger partial charge in [-0.05, 0) is 47.9 Å². The van der Waals surface area contributed by atoms with Gasteiger partial charge in [-0.15, -0.1) is 0 Å². The summed E-state index contributed by atoms with van der Waals surface area (Å²) < 4.78 is 6.12. The van der Waals surface area contributed by atoms with E-state index in [4.69, 9.17) is 4.74 Å². The maximum atomic E-state index is 6.12. The molecule has 0 amide bonds. The van der Waals surface area contributed by atoms with Gasteiger partial charge in [-0.2, -0.15) is 0 Å². The summed E-state index contributed by atoms with van der Waals surface area (Å²) in [5.74, 6) is 1.22. The molecule has 4 rings (SSSR count). The topological polar surface area (TPSA) is 9.23 Å². The van der Waals surface area contributed by atoms with Crippen LogP contribution in [-0.4, -0.2) is 13.2 Å². The molecule has 0 fully saturated rings. The first-order valence-corrected chi connectivity index (χ1v) is 8.15. The minimum absolute atomic E-state index is 0.609. The molecule has 1 nitrogen and oxygen atoms in total. The number of hydrogen-bond acceptors (Lipinski definition) is 1. The Hall–Kier alpha value is -1.60. The lowest BCUT2D eigenvalue weighted by molar-refractivity contribution is 0.107. The Morgan fingerprint density at radius 3 is 1.71 bits per heavy atom. The van der Waals surface area contributed by atoms with Crippen LogP contribution in [-0.2, 0) is 17.6 Å². The minimum atomic E-state index is 0.609. The Morgan fingerprint density at radius 1 is 0.714 bits per heavy atom. The highest BCUT2D eigenvalue weighted by molar-refractivity contribution is 5.36. The molecule has 0 radical (unpaired) electrons. The van der Waals surface area contributed by atoms with Crippen molar-refractivity contribution in [2.45, 2.75) is 37.5 Å². The Kier molecular flexibility index (Phi) is 3.52. The third-order valence-corrected chi connectivity index (χ3v) is 5.15. The van der Waals surface area contributed by atoms with Gasteiger partial charge in [0.1, 0.15) is 0 Å². The molecular formula is C20H22O. The van der Waals surface area contributed by atoms with Gasteiger partial charge in [0, 0.05) is 11.8 Å². The van der Waals surface area contributed by atoms with E-state index in [-0.39, 0.29) is 0 Å². The third kappa shape index (κ3) is 2.51. The summed E-state index contributed by atoms with van der Waals surface area (Å²) >= 11 is 0. The van der Waals surface area contributed by atoms with Gasteiger partial charge in [-0.25, -0.2) is 0 Å². The number of hydrogen-bond donors (Lipinski definition) is 0. The van der Waals surface area contributed by atoms with Crippen LogP contribution in [0.15, 0.2) is 48.5 Å². The Labute approximate surface area is 127 Å². The number of rotatable bonds is 4. The first-order chi connectivity index (χ1) is 10.4. The van der Waals surface area contributed by atoms with Crippen molar-refractivity contribution in [2.24, 2.45) is 0 Å². The summed E-state index contributed by atoms with van der Waals surface area (Å²) in [5, 5.41) is 0. The number of ether oxygens (including phenoxy) is 1. The lowest BCUT2D eigenvalue weighted by atomic mass is 10.0. The minimum Gasteiger partial charge on any atom is -0.380 e. The van der Waals surface area contributed by atoms with Crippen LogP contribution in [0.1, 0.15) is 46.9 Å². The molecule has 2 aromatic rings. The summed E-state index contributed by atoms with van der Waals surface area (Å²) in [7, 11) is 0. The van der Waals surface area contributed by atoms with E-state index in [2.05, 4.69) is 48.5 Å². The maximum Gasteiger partial charge on any atom is 0.0535 e. The van der Waals surface area contributed by atoms with Gasteiger partial charge < -0.3 is 4.74 Å². The second-order valence-electron chi connectivity index (χ2n) is 6.41. The molecule has 2 unspecified atom stereocenters. The Balaban J connectivity index is 1.35. The monoisotopic (exact) mass is 278 g/mol. The molecule has 0 heterocycles. The first-order valence-electron chi connectivity index (χ1n) is 8.15.